The highest BCUT2D eigenvalue weighted by Crippen LogP contribution is 2.26. The van der Waals surface area contributed by atoms with Crippen molar-refractivity contribution in [3.05, 3.63) is 46.8 Å². The number of H-pyrrole nitrogens is 1. The van der Waals surface area contributed by atoms with E-state index < -0.39 is 0 Å². The van der Waals surface area contributed by atoms with Gasteiger partial charge in [-0.15, -0.1) is 0 Å². The molecule has 138 valence electrons. The van der Waals surface area contributed by atoms with Gasteiger partial charge in [-0.25, -0.2) is 4.79 Å². The Morgan fingerprint density at radius 3 is 2.96 bits per heavy atom. The Morgan fingerprint density at radius 2 is 2.19 bits per heavy atom. The van der Waals surface area contributed by atoms with E-state index in [0.717, 1.165) is 41.8 Å². The van der Waals surface area contributed by atoms with Crippen molar-refractivity contribution in [2.24, 2.45) is 0 Å². The molecule has 1 aliphatic heterocycles. The maximum Gasteiger partial charge on any atom is 0.315 e. The molecule has 0 fully saturated rings. The lowest BCUT2D eigenvalue weighted by molar-refractivity contribution is -0.116. The Balaban J connectivity index is 1.45. The third-order valence-corrected chi connectivity index (χ3v) is 4.72. The van der Waals surface area contributed by atoms with Crippen molar-refractivity contribution in [3.63, 3.8) is 0 Å². The molecule has 0 aliphatic carbocycles. The van der Waals surface area contributed by atoms with Gasteiger partial charge in [-0.05, 0) is 55.9 Å². The number of carbonyl (C=O) groups is 2. The summed E-state index contributed by atoms with van der Waals surface area (Å²) in [5.41, 5.74) is 5.28. The lowest BCUT2D eigenvalue weighted by atomic mass is 9.98. The predicted molar refractivity (Wildman–Crippen MR) is 100.0 cm³/mol. The summed E-state index contributed by atoms with van der Waals surface area (Å²) in [6, 6.07) is 5.63. The van der Waals surface area contributed by atoms with E-state index in [-0.39, 0.29) is 18.0 Å². The van der Waals surface area contributed by atoms with Crippen LogP contribution in [-0.2, 0) is 17.6 Å². The van der Waals surface area contributed by atoms with E-state index in [2.05, 4.69) is 32.2 Å². The van der Waals surface area contributed by atoms with Crippen molar-refractivity contribution in [1.82, 2.24) is 20.8 Å². The molecule has 1 aromatic heterocycles. The molecule has 0 bridgehead atoms. The van der Waals surface area contributed by atoms with Gasteiger partial charge in [-0.2, -0.15) is 5.10 Å². The zero-order valence-electron chi connectivity index (χ0n) is 15.2. The number of nitrogens with one attached hydrogen (secondary N) is 4. The van der Waals surface area contributed by atoms with Gasteiger partial charge in [0.25, 0.3) is 0 Å². The third-order valence-electron chi connectivity index (χ3n) is 4.72. The first-order valence-electron chi connectivity index (χ1n) is 8.99. The third kappa shape index (κ3) is 4.41. The van der Waals surface area contributed by atoms with Crippen LogP contribution in [0.1, 0.15) is 48.2 Å². The van der Waals surface area contributed by atoms with E-state index in [4.69, 9.17) is 0 Å². The highest BCUT2D eigenvalue weighted by atomic mass is 16.2. The average molecular weight is 355 g/mol. The van der Waals surface area contributed by atoms with Crippen molar-refractivity contribution in [2.75, 3.05) is 11.9 Å². The van der Waals surface area contributed by atoms with Crippen LogP contribution in [0.2, 0.25) is 0 Å². The largest absolute Gasteiger partial charge is 0.338 e. The summed E-state index contributed by atoms with van der Waals surface area (Å²) in [5.74, 6) is 0.0569. The topological polar surface area (TPSA) is 98.9 Å². The number of hydrogen-bond acceptors (Lipinski definition) is 3. The summed E-state index contributed by atoms with van der Waals surface area (Å²) < 4.78 is 0. The number of benzene rings is 1. The van der Waals surface area contributed by atoms with Crippen LogP contribution in [0.5, 0.6) is 0 Å². The zero-order valence-corrected chi connectivity index (χ0v) is 15.2. The van der Waals surface area contributed by atoms with Gasteiger partial charge in [0, 0.05) is 24.3 Å². The second-order valence-electron chi connectivity index (χ2n) is 6.71. The molecule has 26 heavy (non-hydrogen) atoms. The van der Waals surface area contributed by atoms with E-state index in [9.17, 15) is 9.59 Å². The van der Waals surface area contributed by atoms with Crippen molar-refractivity contribution in [1.29, 1.82) is 0 Å². The minimum atomic E-state index is -0.174. The Labute approximate surface area is 153 Å². The second-order valence-corrected chi connectivity index (χ2v) is 6.71. The molecule has 0 radical (unpaired) electrons. The molecule has 0 saturated carbocycles. The molecular formula is C19H25N5O2. The van der Waals surface area contributed by atoms with E-state index in [0.29, 0.717) is 13.0 Å². The number of aromatic amines is 1. The maximum absolute atomic E-state index is 12.1. The molecule has 1 aliphatic rings. The van der Waals surface area contributed by atoms with Crippen LogP contribution in [0.3, 0.4) is 0 Å². The predicted octanol–water partition coefficient (Wildman–Crippen LogP) is 2.60. The zero-order chi connectivity index (χ0) is 18.5. The summed E-state index contributed by atoms with van der Waals surface area (Å²) in [4.78, 5) is 23.5. The molecule has 1 aromatic carbocycles. The summed E-state index contributed by atoms with van der Waals surface area (Å²) in [6.07, 6.45) is 4.82. The lowest BCUT2D eigenvalue weighted by Gasteiger charge is -2.20. The Morgan fingerprint density at radius 1 is 1.35 bits per heavy atom. The quantitative estimate of drug-likeness (QED) is 0.599. The van der Waals surface area contributed by atoms with E-state index in [1.807, 2.05) is 32.2 Å². The highest BCUT2D eigenvalue weighted by Gasteiger charge is 2.17. The Kier molecular flexibility index (Phi) is 5.55. The van der Waals surface area contributed by atoms with E-state index >= 15 is 0 Å². The van der Waals surface area contributed by atoms with Crippen LogP contribution in [0.4, 0.5) is 10.5 Å². The van der Waals surface area contributed by atoms with Gasteiger partial charge >= 0.3 is 6.03 Å². The van der Waals surface area contributed by atoms with Gasteiger partial charge in [0.05, 0.1) is 12.2 Å². The number of rotatable bonds is 6. The lowest BCUT2D eigenvalue weighted by Crippen LogP contribution is -2.37. The van der Waals surface area contributed by atoms with Crippen molar-refractivity contribution >= 4 is 17.6 Å². The van der Waals surface area contributed by atoms with Crippen LogP contribution in [-0.4, -0.2) is 28.7 Å². The molecule has 0 spiro atoms. The molecule has 3 amide bonds. The van der Waals surface area contributed by atoms with Crippen LogP contribution in [0, 0.1) is 6.92 Å². The first-order chi connectivity index (χ1) is 12.5. The molecule has 2 aromatic rings. The SMILES string of the molecule is Cc1[nH]ncc1CCCNC(=O)NC(C)c1ccc2c(c1)CCC(=O)N2. The first-order valence-corrected chi connectivity index (χ1v) is 8.99. The number of fused-ring (bicyclic) bond motifs is 1. The monoisotopic (exact) mass is 355 g/mol. The molecule has 1 atom stereocenters. The second kappa shape index (κ2) is 8.03. The summed E-state index contributed by atoms with van der Waals surface area (Å²) >= 11 is 0. The van der Waals surface area contributed by atoms with Crippen LogP contribution < -0.4 is 16.0 Å². The maximum atomic E-state index is 12.1. The van der Waals surface area contributed by atoms with Gasteiger partial charge < -0.3 is 16.0 Å². The van der Waals surface area contributed by atoms with E-state index in [1.165, 1.54) is 5.56 Å². The fourth-order valence-corrected chi connectivity index (χ4v) is 3.11. The molecule has 4 N–H and O–H groups in total. The van der Waals surface area contributed by atoms with Gasteiger partial charge in [-0.3, -0.25) is 9.89 Å². The van der Waals surface area contributed by atoms with Crippen molar-refractivity contribution in [3.8, 4) is 0 Å². The normalized spacial score (nSPS) is 14.3. The van der Waals surface area contributed by atoms with Crippen molar-refractivity contribution < 1.29 is 9.59 Å². The van der Waals surface area contributed by atoms with Crippen LogP contribution in [0.25, 0.3) is 0 Å². The number of anilines is 1. The fraction of sp³-hybridized carbons (Fsp3) is 0.421. The van der Waals surface area contributed by atoms with Crippen LogP contribution in [0.15, 0.2) is 24.4 Å². The fourth-order valence-electron chi connectivity index (χ4n) is 3.11. The molecule has 7 nitrogen and oxygen atoms in total. The Hall–Kier alpha value is -2.83. The highest BCUT2D eigenvalue weighted by molar-refractivity contribution is 5.93. The molecule has 0 saturated heterocycles. The number of amides is 3. The summed E-state index contributed by atoms with van der Waals surface area (Å²) in [6.45, 7) is 4.56. The van der Waals surface area contributed by atoms with Gasteiger partial charge in [0.15, 0.2) is 0 Å². The average Bonchev–Trinajstić information content (AvgIpc) is 3.03. The number of urea groups is 1. The smallest absolute Gasteiger partial charge is 0.315 e. The van der Waals surface area contributed by atoms with Crippen LogP contribution >= 0.6 is 0 Å². The number of carbonyl (C=O) groups excluding carboxylic acids is 2. The molecule has 2 heterocycles. The minimum absolute atomic E-state index is 0.0569. The van der Waals surface area contributed by atoms with E-state index in [1.54, 1.807) is 0 Å². The molecule has 1 unspecified atom stereocenters. The first kappa shape index (κ1) is 18.0. The summed E-state index contributed by atoms with van der Waals surface area (Å²) in [7, 11) is 0. The number of nitrogens with zero attached hydrogens (tertiary/aromatic N) is 1. The van der Waals surface area contributed by atoms with Gasteiger partial charge in [0.1, 0.15) is 0 Å². The number of aryl methyl sites for hydroxylation is 3. The standard InChI is InChI=1S/C19H25N5O2/c1-12(14-5-7-17-15(10-14)6-8-18(25)23-17)22-19(26)20-9-3-4-16-11-21-24-13(16)2/h5,7,10-12H,3-4,6,8-9H2,1-2H3,(H,21,24)(H,23,25)(H2,20,22,26). The molecular weight excluding hydrogens is 330 g/mol. The summed E-state index contributed by atoms with van der Waals surface area (Å²) in [5, 5.41) is 15.6. The minimum Gasteiger partial charge on any atom is -0.338 e. The molecule has 7 heteroatoms. The van der Waals surface area contributed by atoms with Crippen molar-refractivity contribution in [2.45, 2.75) is 45.6 Å². The number of hydrogen-bond donors (Lipinski definition) is 4. The molecule has 3 rings (SSSR count). The number of aromatic nitrogens is 2. The van der Waals surface area contributed by atoms with Gasteiger partial charge in [-0.1, -0.05) is 12.1 Å². The van der Waals surface area contributed by atoms with Gasteiger partial charge in [0.2, 0.25) is 5.91 Å². The Bertz CT molecular complexity index is 799.